The zero-order valence-electron chi connectivity index (χ0n) is 22.0. The fraction of sp³-hybridized carbons (Fsp3) is 0.433. The van der Waals surface area contributed by atoms with Crippen molar-refractivity contribution in [2.24, 2.45) is 5.92 Å². The van der Waals surface area contributed by atoms with Gasteiger partial charge in [0, 0.05) is 36.1 Å². The highest BCUT2D eigenvalue weighted by Crippen LogP contribution is 2.39. The molecule has 6 nitrogen and oxygen atoms in total. The van der Waals surface area contributed by atoms with Crippen molar-refractivity contribution < 1.29 is 4.74 Å². The molecule has 1 aliphatic heterocycles. The Morgan fingerprint density at radius 1 is 1.03 bits per heavy atom. The molecule has 2 N–H and O–H groups in total. The molecule has 8 heteroatoms. The lowest BCUT2D eigenvalue weighted by molar-refractivity contribution is 0.292. The molecule has 1 aliphatic carbocycles. The summed E-state index contributed by atoms with van der Waals surface area (Å²) in [4.78, 5) is 11.8. The van der Waals surface area contributed by atoms with Gasteiger partial charge in [0.2, 0.25) is 11.8 Å². The third-order valence-electron chi connectivity index (χ3n) is 7.84. The van der Waals surface area contributed by atoms with E-state index in [0.29, 0.717) is 16.9 Å². The molecule has 2 heterocycles. The van der Waals surface area contributed by atoms with Gasteiger partial charge in [-0.2, -0.15) is 9.97 Å². The number of hydrogen-bond acceptors (Lipinski definition) is 5. The molecule has 0 amide bonds. The van der Waals surface area contributed by atoms with Crippen LogP contribution in [0.1, 0.15) is 57.4 Å². The molecule has 200 valence electrons. The molecule has 3 aromatic rings. The Morgan fingerprint density at radius 2 is 1.74 bits per heavy atom. The third kappa shape index (κ3) is 6.75. The second-order valence-corrected chi connectivity index (χ2v) is 11.5. The van der Waals surface area contributed by atoms with Crippen LogP contribution in [0.5, 0.6) is 11.6 Å². The average molecular weight is 550 g/mol. The number of halogens is 1. The molecule has 0 radical (unpaired) electrons. The van der Waals surface area contributed by atoms with Crippen molar-refractivity contribution in [3.63, 3.8) is 0 Å². The molecule has 1 saturated heterocycles. The zero-order valence-corrected chi connectivity index (χ0v) is 23.5. The number of nitrogens with one attached hydrogen (secondary N) is 2. The predicted octanol–water partition coefficient (Wildman–Crippen LogP) is 7.35. The average Bonchev–Trinajstić information content (AvgIpc) is 2.94. The highest BCUT2D eigenvalue weighted by atomic mass is 35.5. The zero-order chi connectivity index (χ0) is 26.4. The molecule has 0 bridgehead atoms. The lowest BCUT2D eigenvalue weighted by Gasteiger charge is -2.38. The van der Waals surface area contributed by atoms with Gasteiger partial charge < -0.3 is 20.3 Å². The summed E-state index contributed by atoms with van der Waals surface area (Å²) in [5.74, 6) is 3.25. The minimum atomic E-state index is 0.0311. The molecule has 0 spiro atoms. The molecule has 0 atom stereocenters. The molecule has 1 saturated carbocycles. The van der Waals surface area contributed by atoms with E-state index in [1.807, 2.05) is 48.5 Å². The summed E-state index contributed by atoms with van der Waals surface area (Å²) in [6.45, 7) is 4.99. The van der Waals surface area contributed by atoms with E-state index in [9.17, 15) is 0 Å². The summed E-state index contributed by atoms with van der Waals surface area (Å²) in [5.41, 5.74) is 1.34. The van der Waals surface area contributed by atoms with Gasteiger partial charge in [0.15, 0.2) is 5.11 Å². The summed E-state index contributed by atoms with van der Waals surface area (Å²) < 4.78 is 6.10. The molecule has 1 aromatic heterocycles. The summed E-state index contributed by atoms with van der Waals surface area (Å²) in [6.07, 6.45) is 8.24. The number of piperidine rings is 1. The van der Waals surface area contributed by atoms with Gasteiger partial charge in [-0.25, -0.2) is 0 Å². The van der Waals surface area contributed by atoms with Crippen LogP contribution in [0, 0.1) is 5.92 Å². The van der Waals surface area contributed by atoms with Crippen LogP contribution < -0.4 is 20.3 Å². The molecule has 2 aliphatic rings. The smallest absolute Gasteiger partial charge is 0.234 e. The Kier molecular flexibility index (Phi) is 8.65. The van der Waals surface area contributed by atoms with Crippen LogP contribution in [-0.2, 0) is 5.41 Å². The fourth-order valence-electron chi connectivity index (χ4n) is 5.52. The van der Waals surface area contributed by atoms with E-state index in [4.69, 9.17) is 33.5 Å². The Labute approximate surface area is 236 Å². The molecule has 0 unspecified atom stereocenters. The van der Waals surface area contributed by atoms with Gasteiger partial charge >= 0.3 is 0 Å². The number of hydrogen-bond donors (Lipinski definition) is 2. The maximum Gasteiger partial charge on any atom is 0.234 e. The minimum absolute atomic E-state index is 0.0311. The number of benzene rings is 2. The van der Waals surface area contributed by atoms with Gasteiger partial charge in [-0.05, 0) is 73.6 Å². The standard InChI is InChI=1S/C30H36ClN5OS/c1-22-14-18-36(19-15-22)26-20-27(37-25-8-4-2-5-9-25)34-28(33-26)35-29(38)32-21-30(16-6-3-7-17-30)23-10-12-24(31)13-11-23/h2,4-5,8-13,20,22H,3,6-7,14-19,21H2,1H3,(H2,32,33,34,35,38). The van der Waals surface area contributed by atoms with Crippen molar-refractivity contribution in [1.82, 2.24) is 15.3 Å². The Morgan fingerprint density at radius 3 is 2.45 bits per heavy atom. The first-order valence-electron chi connectivity index (χ1n) is 13.7. The van der Waals surface area contributed by atoms with Crippen molar-refractivity contribution in [2.45, 2.75) is 57.3 Å². The number of ether oxygens (including phenoxy) is 1. The largest absolute Gasteiger partial charge is 0.439 e. The number of rotatable bonds is 7. The van der Waals surface area contributed by atoms with Gasteiger partial charge in [-0.15, -0.1) is 0 Å². The van der Waals surface area contributed by atoms with E-state index < -0.39 is 0 Å². The number of aromatic nitrogens is 2. The molecule has 5 rings (SSSR count). The topological polar surface area (TPSA) is 62.3 Å². The van der Waals surface area contributed by atoms with Gasteiger partial charge in [0.25, 0.3) is 0 Å². The fourth-order valence-corrected chi connectivity index (χ4v) is 5.81. The van der Waals surface area contributed by atoms with Gasteiger partial charge in [0.1, 0.15) is 11.6 Å². The highest BCUT2D eigenvalue weighted by molar-refractivity contribution is 7.80. The van der Waals surface area contributed by atoms with Gasteiger partial charge in [-0.3, -0.25) is 0 Å². The van der Waals surface area contributed by atoms with Crippen LogP contribution in [0.25, 0.3) is 0 Å². The second kappa shape index (κ2) is 12.3. The summed E-state index contributed by atoms with van der Waals surface area (Å²) >= 11 is 11.9. The van der Waals surface area contributed by atoms with Crippen molar-refractivity contribution in [1.29, 1.82) is 0 Å². The number of anilines is 2. The highest BCUT2D eigenvalue weighted by Gasteiger charge is 2.34. The maximum atomic E-state index is 6.18. The normalized spacial score (nSPS) is 17.6. The first kappa shape index (κ1) is 26.7. The summed E-state index contributed by atoms with van der Waals surface area (Å²) in [6, 6.07) is 19.9. The number of para-hydroxylation sites is 1. The van der Waals surface area contributed by atoms with Crippen LogP contribution >= 0.6 is 23.8 Å². The minimum Gasteiger partial charge on any atom is -0.439 e. The van der Waals surface area contributed by atoms with E-state index in [1.54, 1.807) is 0 Å². The Balaban J connectivity index is 1.32. The van der Waals surface area contributed by atoms with Crippen LogP contribution in [0.3, 0.4) is 0 Å². The van der Waals surface area contributed by atoms with Crippen LogP contribution in [-0.4, -0.2) is 34.7 Å². The van der Waals surface area contributed by atoms with E-state index >= 15 is 0 Å². The van der Waals surface area contributed by atoms with Crippen LogP contribution in [0.2, 0.25) is 5.02 Å². The van der Waals surface area contributed by atoms with Crippen molar-refractivity contribution in [3.8, 4) is 11.6 Å². The van der Waals surface area contributed by atoms with Crippen molar-refractivity contribution in [3.05, 3.63) is 71.2 Å². The first-order valence-corrected chi connectivity index (χ1v) is 14.5. The SMILES string of the molecule is CC1CCN(c2cc(Oc3ccccc3)nc(NC(=S)NCC3(c4ccc(Cl)cc4)CCCCC3)n2)CC1. The van der Waals surface area contributed by atoms with Crippen LogP contribution in [0.4, 0.5) is 11.8 Å². The third-order valence-corrected chi connectivity index (χ3v) is 8.34. The first-order chi connectivity index (χ1) is 18.5. The predicted molar refractivity (Wildman–Crippen MR) is 160 cm³/mol. The second-order valence-electron chi connectivity index (χ2n) is 10.6. The molecule has 2 fully saturated rings. The van der Waals surface area contributed by atoms with E-state index in [0.717, 1.165) is 67.8 Å². The lowest BCUT2D eigenvalue weighted by atomic mass is 9.69. The monoisotopic (exact) mass is 549 g/mol. The molecular weight excluding hydrogens is 514 g/mol. The van der Waals surface area contributed by atoms with Crippen molar-refractivity contribution >= 4 is 40.7 Å². The lowest BCUT2D eigenvalue weighted by Crippen LogP contribution is -2.43. The molecular formula is C30H36ClN5OS. The van der Waals surface area contributed by atoms with E-state index in [2.05, 4.69) is 39.6 Å². The maximum absolute atomic E-state index is 6.18. The Bertz CT molecular complexity index is 1210. The Hall–Kier alpha value is -2.90. The van der Waals surface area contributed by atoms with E-state index in [1.165, 1.54) is 24.8 Å². The number of nitrogens with zero attached hydrogens (tertiary/aromatic N) is 3. The number of thiocarbonyl (C=S) groups is 1. The van der Waals surface area contributed by atoms with Crippen molar-refractivity contribution in [2.75, 3.05) is 29.9 Å². The van der Waals surface area contributed by atoms with Crippen LogP contribution in [0.15, 0.2) is 60.7 Å². The van der Waals surface area contributed by atoms with Gasteiger partial charge in [0.05, 0.1) is 0 Å². The molecule has 38 heavy (non-hydrogen) atoms. The summed E-state index contributed by atoms with van der Waals surface area (Å²) in [7, 11) is 0. The molecule has 2 aromatic carbocycles. The van der Waals surface area contributed by atoms with E-state index in [-0.39, 0.29) is 5.41 Å². The van der Waals surface area contributed by atoms with Gasteiger partial charge in [-0.1, -0.05) is 68.1 Å². The summed E-state index contributed by atoms with van der Waals surface area (Å²) in [5, 5.41) is 8.00. The quantitative estimate of drug-likeness (QED) is 0.299.